The summed E-state index contributed by atoms with van der Waals surface area (Å²) in [6.07, 6.45) is 4.03. The number of piperazine rings is 1. The first-order valence-corrected chi connectivity index (χ1v) is 8.70. The van der Waals surface area contributed by atoms with Gasteiger partial charge in [0.25, 0.3) is 0 Å². The summed E-state index contributed by atoms with van der Waals surface area (Å²) in [5.41, 5.74) is 0.514. The third-order valence-electron chi connectivity index (χ3n) is 5.47. The topological polar surface area (TPSA) is 21.8 Å². The molecule has 4 heteroatoms. The fraction of sp³-hybridized carbons (Fsp3) is 1.00. The van der Waals surface area contributed by atoms with Crippen LogP contribution in [0.5, 0.6) is 0 Å². The van der Waals surface area contributed by atoms with E-state index < -0.39 is 0 Å². The first-order valence-electron chi connectivity index (χ1n) is 8.70. The maximum absolute atomic E-state index is 3.58. The van der Waals surface area contributed by atoms with Crippen LogP contribution in [0.4, 0.5) is 0 Å². The second-order valence-electron chi connectivity index (χ2n) is 8.05. The zero-order chi connectivity index (χ0) is 15.5. The van der Waals surface area contributed by atoms with Crippen LogP contribution in [0.3, 0.4) is 0 Å². The van der Waals surface area contributed by atoms with Crippen molar-refractivity contribution in [2.45, 2.75) is 45.2 Å². The Bertz CT molecular complexity index is 308. The van der Waals surface area contributed by atoms with Crippen LogP contribution in [0.2, 0.25) is 0 Å². The van der Waals surface area contributed by atoms with Gasteiger partial charge < -0.3 is 10.2 Å². The molecule has 1 N–H and O–H groups in total. The minimum atomic E-state index is 0.514. The standard InChI is InChI=1S/C17H36N4/c1-17(2)7-6-15(18-3)16(14-17)21-12-10-20(11-13-21)9-8-19(4)5/h15-16,18H,6-14H2,1-5H3. The molecule has 1 saturated heterocycles. The summed E-state index contributed by atoms with van der Waals surface area (Å²) in [7, 11) is 6.47. The second-order valence-corrected chi connectivity index (χ2v) is 8.05. The summed E-state index contributed by atoms with van der Waals surface area (Å²) in [5.74, 6) is 0. The molecule has 2 aliphatic rings. The molecule has 1 aliphatic heterocycles. The van der Waals surface area contributed by atoms with Crippen molar-refractivity contribution in [3.05, 3.63) is 0 Å². The van der Waals surface area contributed by atoms with E-state index in [1.807, 2.05) is 0 Å². The van der Waals surface area contributed by atoms with Crippen molar-refractivity contribution >= 4 is 0 Å². The molecule has 0 radical (unpaired) electrons. The van der Waals surface area contributed by atoms with Crippen LogP contribution in [-0.4, -0.2) is 87.2 Å². The zero-order valence-electron chi connectivity index (χ0n) is 14.9. The predicted molar refractivity (Wildman–Crippen MR) is 90.8 cm³/mol. The molecule has 21 heavy (non-hydrogen) atoms. The van der Waals surface area contributed by atoms with Crippen molar-refractivity contribution in [1.29, 1.82) is 0 Å². The molecule has 0 amide bonds. The summed E-state index contributed by atoms with van der Waals surface area (Å²) >= 11 is 0. The number of hydrogen-bond donors (Lipinski definition) is 1. The van der Waals surface area contributed by atoms with Gasteiger partial charge in [-0.3, -0.25) is 9.80 Å². The van der Waals surface area contributed by atoms with Gasteiger partial charge in [0, 0.05) is 51.4 Å². The largest absolute Gasteiger partial charge is 0.315 e. The van der Waals surface area contributed by atoms with Gasteiger partial charge in [0.15, 0.2) is 0 Å². The van der Waals surface area contributed by atoms with Crippen molar-refractivity contribution in [2.75, 3.05) is 60.4 Å². The van der Waals surface area contributed by atoms with E-state index in [1.165, 1.54) is 58.5 Å². The van der Waals surface area contributed by atoms with Crippen molar-refractivity contribution in [3.63, 3.8) is 0 Å². The minimum Gasteiger partial charge on any atom is -0.315 e. The first kappa shape index (κ1) is 17.2. The Morgan fingerprint density at radius 3 is 2.38 bits per heavy atom. The molecule has 0 aromatic carbocycles. The van der Waals surface area contributed by atoms with E-state index in [2.05, 4.69) is 55.0 Å². The van der Waals surface area contributed by atoms with Crippen LogP contribution >= 0.6 is 0 Å². The van der Waals surface area contributed by atoms with Gasteiger partial charge in [-0.2, -0.15) is 0 Å². The number of nitrogens with one attached hydrogen (secondary N) is 1. The van der Waals surface area contributed by atoms with Gasteiger partial charge in [0.2, 0.25) is 0 Å². The fourth-order valence-corrected chi connectivity index (χ4v) is 3.93. The van der Waals surface area contributed by atoms with Crippen LogP contribution in [-0.2, 0) is 0 Å². The lowest BCUT2D eigenvalue weighted by Crippen LogP contribution is -2.59. The maximum Gasteiger partial charge on any atom is 0.0255 e. The molecule has 2 rings (SSSR count). The van der Waals surface area contributed by atoms with Crippen molar-refractivity contribution in [1.82, 2.24) is 20.0 Å². The van der Waals surface area contributed by atoms with Crippen LogP contribution in [0.1, 0.15) is 33.1 Å². The molecule has 2 fully saturated rings. The fourth-order valence-electron chi connectivity index (χ4n) is 3.93. The van der Waals surface area contributed by atoms with Gasteiger partial charge in [0.05, 0.1) is 0 Å². The molecule has 4 nitrogen and oxygen atoms in total. The molecule has 2 unspecified atom stereocenters. The van der Waals surface area contributed by atoms with E-state index in [1.54, 1.807) is 0 Å². The molecular formula is C17H36N4. The smallest absolute Gasteiger partial charge is 0.0255 e. The van der Waals surface area contributed by atoms with Crippen LogP contribution in [0.15, 0.2) is 0 Å². The van der Waals surface area contributed by atoms with E-state index in [0.717, 1.165) is 6.04 Å². The molecular weight excluding hydrogens is 260 g/mol. The Balaban J connectivity index is 1.84. The van der Waals surface area contributed by atoms with E-state index in [4.69, 9.17) is 0 Å². The van der Waals surface area contributed by atoms with Gasteiger partial charge >= 0.3 is 0 Å². The third kappa shape index (κ3) is 4.92. The quantitative estimate of drug-likeness (QED) is 0.826. The first-order chi connectivity index (χ1) is 9.91. The van der Waals surface area contributed by atoms with Gasteiger partial charge in [0.1, 0.15) is 0 Å². The van der Waals surface area contributed by atoms with Gasteiger partial charge in [-0.1, -0.05) is 13.8 Å². The molecule has 0 bridgehead atoms. The predicted octanol–water partition coefficient (Wildman–Crippen LogP) is 1.33. The molecule has 2 atom stereocenters. The highest BCUT2D eigenvalue weighted by atomic mass is 15.3. The third-order valence-corrected chi connectivity index (χ3v) is 5.47. The number of hydrogen-bond acceptors (Lipinski definition) is 4. The van der Waals surface area contributed by atoms with E-state index >= 15 is 0 Å². The van der Waals surface area contributed by atoms with E-state index in [-0.39, 0.29) is 0 Å². The second kappa shape index (κ2) is 7.40. The highest BCUT2D eigenvalue weighted by Gasteiger charge is 2.38. The lowest BCUT2D eigenvalue weighted by molar-refractivity contribution is 0.0294. The van der Waals surface area contributed by atoms with E-state index in [9.17, 15) is 0 Å². The van der Waals surface area contributed by atoms with Crippen molar-refractivity contribution < 1.29 is 0 Å². The maximum atomic E-state index is 3.58. The van der Waals surface area contributed by atoms with Crippen molar-refractivity contribution in [3.8, 4) is 0 Å². The Hall–Kier alpha value is -0.160. The number of likely N-dealkylation sites (N-methyl/N-ethyl adjacent to an activating group) is 2. The van der Waals surface area contributed by atoms with Crippen LogP contribution in [0.25, 0.3) is 0 Å². The normalized spacial score (nSPS) is 31.7. The number of rotatable bonds is 5. The van der Waals surface area contributed by atoms with Crippen LogP contribution < -0.4 is 5.32 Å². The Kier molecular flexibility index (Phi) is 6.06. The molecule has 1 saturated carbocycles. The monoisotopic (exact) mass is 296 g/mol. The zero-order valence-corrected chi connectivity index (χ0v) is 14.9. The highest BCUT2D eigenvalue weighted by molar-refractivity contribution is 4.95. The van der Waals surface area contributed by atoms with E-state index in [0.29, 0.717) is 11.5 Å². The van der Waals surface area contributed by atoms with Gasteiger partial charge in [-0.25, -0.2) is 0 Å². The molecule has 1 heterocycles. The van der Waals surface area contributed by atoms with Gasteiger partial charge in [-0.05, 0) is 45.8 Å². The summed E-state index contributed by atoms with van der Waals surface area (Å²) in [6.45, 7) is 12.2. The molecule has 0 aromatic rings. The summed E-state index contributed by atoms with van der Waals surface area (Å²) in [5, 5.41) is 3.58. The highest BCUT2D eigenvalue weighted by Crippen LogP contribution is 2.37. The lowest BCUT2D eigenvalue weighted by Gasteiger charge is -2.48. The number of nitrogens with zero attached hydrogens (tertiary/aromatic N) is 3. The SMILES string of the molecule is CNC1CCC(C)(C)CC1N1CCN(CCN(C)C)CC1. The van der Waals surface area contributed by atoms with Crippen LogP contribution in [0, 0.1) is 5.41 Å². The minimum absolute atomic E-state index is 0.514. The Labute approximate surface area is 131 Å². The molecule has 124 valence electrons. The van der Waals surface area contributed by atoms with Crippen molar-refractivity contribution in [2.24, 2.45) is 5.41 Å². The van der Waals surface area contributed by atoms with Gasteiger partial charge in [-0.15, -0.1) is 0 Å². The molecule has 0 spiro atoms. The molecule has 1 aliphatic carbocycles. The molecule has 0 aromatic heterocycles. The Morgan fingerprint density at radius 1 is 1.14 bits per heavy atom. The average Bonchev–Trinajstić information content (AvgIpc) is 2.45. The lowest BCUT2D eigenvalue weighted by atomic mass is 9.72. The summed E-state index contributed by atoms with van der Waals surface area (Å²) in [6, 6.07) is 1.42. The summed E-state index contributed by atoms with van der Waals surface area (Å²) in [4.78, 5) is 7.67. The summed E-state index contributed by atoms with van der Waals surface area (Å²) < 4.78 is 0. The Morgan fingerprint density at radius 2 is 1.81 bits per heavy atom. The average molecular weight is 297 g/mol.